The van der Waals surface area contributed by atoms with E-state index in [1.54, 1.807) is 12.1 Å². The molecular weight excluding hydrogens is 250 g/mol. The van der Waals surface area contributed by atoms with Gasteiger partial charge in [0, 0.05) is 13.6 Å². The smallest absolute Gasteiger partial charge is 0.134 e. The molecule has 0 spiro atoms. The van der Waals surface area contributed by atoms with E-state index in [-0.39, 0.29) is 5.75 Å². The van der Waals surface area contributed by atoms with E-state index >= 15 is 0 Å². The fraction of sp³-hybridized carbons (Fsp3) is 0.308. The van der Waals surface area contributed by atoms with Crippen LogP contribution < -0.4 is 5.32 Å². The van der Waals surface area contributed by atoms with Gasteiger partial charge >= 0.3 is 0 Å². The molecule has 0 atom stereocenters. The van der Waals surface area contributed by atoms with Gasteiger partial charge in [0.1, 0.15) is 5.75 Å². The van der Waals surface area contributed by atoms with Gasteiger partial charge in [-0.15, -0.1) is 0 Å². The second kappa shape index (κ2) is 4.90. The minimum atomic E-state index is 0.106. The normalized spacial score (nSPS) is 10.7. The van der Waals surface area contributed by atoms with Gasteiger partial charge in [0.05, 0.1) is 22.1 Å². The quantitative estimate of drug-likeness (QED) is 0.897. The molecule has 2 aromatic rings. The Morgan fingerprint density at radius 2 is 2.11 bits per heavy atom. The topological polar surface area (TPSA) is 50.1 Å². The van der Waals surface area contributed by atoms with Gasteiger partial charge in [0.2, 0.25) is 0 Å². The van der Waals surface area contributed by atoms with E-state index in [1.807, 2.05) is 31.6 Å². The number of aromatic nitrogens is 2. The molecule has 96 valence electrons. The van der Waals surface area contributed by atoms with Gasteiger partial charge in [-0.2, -0.15) is 5.10 Å². The van der Waals surface area contributed by atoms with E-state index in [4.69, 9.17) is 11.6 Å². The third kappa shape index (κ3) is 2.43. The van der Waals surface area contributed by atoms with Gasteiger partial charge in [0.15, 0.2) is 0 Å². The Labute approximate surface area is 111 Å². The number of nitrogens with one attached hydrogen (secondary N) is 1. The number of rotatable bonds is 3. The number of phenolic OH excluding ortho intramolecular Hbond substituents is 1. The molecule has 2 rings (SSSR count). The fourth-order valence-corrected chi connectivity index (χ4v) is 2.08. The highest BCUT2D eigenvalue weighted by Crippen LogP contribution is 2.25. The van der Waals surface area contributed by atoms with Crippen LogP contribution in [0.3, 0.4) is 0 Å². The van der Waals surface area contributed by atoms with Crippen molar-refractivity contribution in [2.24, 2.45) is 7.05 Å². The predicted octanol–water partition coefficient (Wildman–Crippen LogP) is 3.01. The molecule has 0 saturated heterocycles. The first-order valence-electron chi connectivity index (χ1n) is 5.70. The van der Waals surface area contributed by atoms with E-state index in [9.17, 15) is 5.11 Å². The third-order valence-corrected chi connectivity index (χ3v) is 3.29. The molecule has 1 aromatic heterocycles. The number of aromatic hydroxyl groups is 1. The predicted molar refractivity (Wildman–Crippen MR) is 73.1 cm³/mol. The average molecular weight is 266 g/mol. The van der Waals surface area contributed by atoms with Crippen LogP contribution >= 0.6 is 11.6 Å². The van der Waals surface area contributed by atoms with Crippen molar-refractivity contribution in [2.45, 2.75) is 20.4 Å². The number of aryl methyl sites for hydroxylation is 2. The third-order valence-electron chi connectivity index (χ3n) is 2.99. The highest BCUT2D eigenvalue weighted by Gasteiger charge is 2.08. The molecular formula is C13H16ClN3O. The van der Waals surface area contributed by atoms with Gasteiger partial charge in [-0.25, -0.2) is 0 Å². The van der Waals surface area contributed by atoms with Crippen molar-refractivity contribution in [3.05, 3.63) is 40.2 Å². The maximum Gasteiger partial charge on any atom is 0.134 e. The summed E-state index contributed by atoms with van der Waals surface area (Å²) < 4.78 is 1.85. The van der Waals surface area contributed by atoms with Crippen molar-refractivity contribution < 1.29 is 5.11 Å². The van der Waals surface area contributed by atoms with Crippen molar-refractivity contribution in [1.82, 2.24) is 9.78 Å². The Balaban J connectivity index is 2.14. The van der Waals surface area contributed by atoms with E-state index in [1.165, 1.54) is 0 Å². The van der Waals surface area contributed by atoms with Crippen LogP contribution in [0.5, 0.6) is 5.75 Å². The minimum Gasteiger partial charge on any atom is -0.506 e. The molecule has 0 bridgehead atoms. The van der Waals surface area contributed by atoms with Gasteiger partial charge < -0.3 is 10.4 Å². The summed E-state index contributed by atoms with van der Waals surface area (Å²) in [7, 11) is 1.92. The van der Waals surface area contributed by atoms with E-state index in [0.29, 0.717) is 11.6 Å². The molecule has 0 amide bonds. The molecule has 0 aliphatic carbocycles. The molecule has 4 nitrogen and oxygen atoms in total. The Morgan fingerprint density at radius 3 is 2.67 bits per heavy atom. The lowest BCUT2D eigenvalue weighted by Crippen LogP contribution is -2.01. The van der Waals surface area contributed by atoms with Crippen molar-refractivity contribution in [3.63, 3.8) is 0 Å². The van der Waals surface area contributed by atoms with Crippen molar-refractivity contribution >= 4 is 17.3 Å². The largest absolute Gasteiger partial charge is 0.506 e. The summed E-state index contributed by atoms with van der Waals surface area (Å²) >= 11 is 5.87. The first kappa shape index (κ1) is 12.8. The Morgan fingerprint density at radius 1 is 1.39 bits per heavy atom. The van der Waals surface area contributed by atoms with Gasteiger partial charge in [-0.05, 0) is 31.5 Å². The minimum absolute atomic E-state index is 0.106. The lowest BCUT2D eigenvalue weighted by atomic mass is 10.2. The zero-order chi connectivity index (χ0) is 13.3. The molecule has 0 radical (unpaired) electrons. The highest BCUT2D eigenvalue weighted by atomic mass is 35.5. The van der Waals surface area contributed by atoms with Gasteiger partial charge in [-0.1, -0.05) is 17.7 Å². The number of halogens is 1. The molecule has 0 aliphatic heterocycles. The van der Waals surface area contributed by atoms with Gasteiger partial charge in [-0.3, -0.25) is 4.68 Å². The molecule has 0 fully saturated rings. The van der Waals surface area contributed by atoms with Crippen LogP contribution in [0.1, 0.15) is 17.0 Å². The molecule has 1 aromatic carbocycles. The molecule has 2 N–H and O–H groups in total. The van der Waals surface area contributed by atoms with Crippen LogP contribution in [0.15, 0.2) is 18.2 Å². The Bertz CT molecular complexity index is 578. The van der Waals surface area contributed by atoms with Crippen LogP contribution in [0.2, 0.25) is 5.02 Å². The summed E-state index contributed by atoms with van der Waals surface area (Å²) in [5.41, 5.74) is 4.12. The first-order chi connectivity index (χ1) is 8.49. The molecule has 1 heterocycles. The highest BCUT2D eigenvalue weighted by molar-refractivity contribution is 6.32. The second-order valence-corrected chi connectivity index (χ2v) is 4.72. The van der Waals surface area contributed by atoms with Crippen LogP contribution in [0, 0.1) is 13.8 Å². The lowest BCUT2D eigenvalue weighted by Gasteiger charge is -2.08. The summed E-state index contributed by atoms with van der Waals surface area (Å²) in [4.78, 5) is 0. The maximum absolute atomic E-state index is 9.35. The number of hydrogen-bond donors (Lipinski definition) is 2. The van der Waals surface area contributed by atoms with Crippen LogP contribution in [-0.2, 0) is 13.6 Å². The van der Waals surface area contributed by atoms with Gasteiger partial charge in [0.25, 0.3) is 0 Å². The average Bonchev–Trinajstić information content (AvgIpc) is 2.56. The zero-order valence-electron chi connectivity index (χ0n) is 10.7. The Kier molecular flexibility index (Phi) is 3.48. The monoisotopic (exact) mass is 265 g/mol. The Hall–Kier alpha value is -1.68. The second-order valence-electron chi connectivity index (χ2n) is 4.31. The standard InChI is InChI=1S/C13H16ClN3O/c1-8-13(9(2)17(3)16-8)15-7-10-4-5-12(18)11(14)6-10/h4-6,15,18H,7H2,1-3H3. The van der Waals surface area contributed by atoms with Crippen molar-refractivity contribution in [1.29, 1.82) is 0 Å². The van der Waals surface area contributed by atoms with E-state index < -0.39 is 0 Å². The summed E-state index contributed by atoms with van der Waals surface area (Å²) in [5.74, 6) is 0.106. The van der Waals surface area contributed by atoms with Crippen LogP contribution in [0.25, 0.3) is 0 Å². The molecule has 18 heavy (non-hydrogen) atoms. The first-order valence-corrected chi connectivity index (χ1v) is 6.08. The SMILES string of the molecule is Cc1nn(C)c(C)c1NCc1ccc(O)c(Cl)c1. The summed E-state index contributed by atoms with van der Waals surface area (Å²) in [5, 5.41) is 17.4. The zero-order valence-corrected chi connectivity index (χ0v) is 11.4. The molecule has 5 heteroatoms. The summed E-state index contributed by atoms with van der Waals surface area (Å²) in [6.07, 6.45) is 0. The number of nitrogens with zero attached hydrogens (tertiary/aromatic N) is 2. The maximum atomic E-state index is 9.35. The number of phenols is 1. The van der Waals surface area contributed by atoms with Crippen LogP contribution in [-0.4, -0.2) is 14.9 Å². The molecule has 0 saturated carbocycles. The van der Waals surface area contributed by atoms with Crippen molar-refractivity contribution in [3.8, 4) is 5.75 Å². The number of anilines is 1. The van der Waals surface area contributed by atoms with Crippen LogP contribution in [0.4, 0.5) is 5.69 Å². The number of benzene rings is 1. The molecule has 0 aliphatic rings. The van der Waals surface area contributed by atoms with Crippen molar-refractivity contribution in [2.75, 3.05) is 5.32 Å². The van der Waals surface area contributed by atoms with E-state index in [2.05, 4.69) is 10.4 Å². The fourth-order valence-electron chi connectivity index (χ4n) is 1.88. The lowest BCUT2D eigenvalue weighted by molar-refractivity contribution is 0.475. The molecule has 0 unspecified atom stereocenters. The van der Waals surface area contributed by atoms with E-state index in [0.717, 1.165) is 22.6 Å². The summed E-state index contributed by atoms with van der Waals surface area (Å²) in [6.45, 7) is 4.64. The summed E-state index contributed by atoms with van der Waals surface area (Å²) in [6, 6.07) is 5.20. The number of hydrogen-bond acceptors (Lipinski definition) is 3.